The van der Waals surface area contributed by atoms with Crippen LogP contribution in [-0.4, -0.2) is 52.6 Å². The first-order valence-corrected chi connectivity index (χ1v) is 10.2. The molecule has 0 radical (unpaired) electrons. The molecule has 2 aromatic rings. The molecule has 7 nitrogen and oxygen atoms in total. The zero-order valence-corrected chi connectivity index (χ0v) is 16.7. The van der Waals surface area contributed by atoms with Gasteiger partial charge in [-0.15, -0.1) is 0 Å². The fourth-order valence-electron chi connectivity index (χ4n) is 4.13. The van der Waals surface area contributed by atoms with Gasteiger partial charge in [0.05, 0.1) is 17.9 Å². The molecule has 7 heteroatoms. The molecule has 0 aliphatic carbocycles. The molecule has 1 atom stereocenters. The minimum atomic E-state index is -0.368. The van der Waals surface area contributed by atoms with Crippen molar-refractivity contribution in [2.75, 3.05) is 24.6 Å². The molecule has 0 spiro atoms. The lowest BCUT2D eigenvalue weighted by molar-refractivity contribution is -0.130. The molecule has 0 N–H and O–H groups in total. The van der Waals surface area contributed by atoms with E-state index < -0.39 is 0 Å². The van der Waals surface area contributed by atoms with E-state index in [2.05, 4.69) is 17.1 Å². The van der Waals surface area contributed by atoms with E-state index in [4.69, 9.17) is 9.72 Å². The largest absolute Gasteiger partial charge is 0.447 e. The summed E-state index contributed by atoms with van der Waals surface area (Å²) in [6, 6.07) is 9.98. The van der Waals surface area contributed by atoms with Gasteiger partial charge >= 0.3 is 6.09 Å². The van der Waals surface area contributed by atoms with Crippen LogP contribution in [0.4, 0.5) is 10.6 Å². The Hall–Kier alpha value is -2.96. The quantitative estimate of drug-likeness (QED) is 0.779. The third-order valence-corrected chi connectivity index (χ3v) is 5.75. The number of hydrogen-bond donors (Lipinski definition) is 0. The molecule has 2 fully saturated rings. The first-order valence-electron chi connectivity index (χ1n) is 10.2. The predicted octanol–water partition coefficient (Wildman–Crippen LogP) is 2.85. The first-order chi connectivity index (χ1) is 14.1. The number of rotatable bonds is 5. The van der Waals surface area contributed by atoms with E-state index in [-0.39, 0.29) is 18.0 Å². The van der Waals surface area contributed by atoms with E-state index >= 15 is 0 Å². The summed E-state index contributed by atoms with van der Waals surface area (Å²) in [6.45, 7) is 3.56. The summed E-state index contributed by atoms with van der Waals surface area (Å²) in [7, 11) is 0. The van der Waals surface area contributed by atoms with E-state index in [1.165, 1.54) is 0 Å². The molecule has 2 aliphatic rings. The number of likely N-dealkylation sites (tertiary alicyclic amines) is 1. The lowest BCUT2D eigenvalue weighted by atomic mass is 9.92. The fourth-order valence-corrected chi connectivity index (χ4v) is 4.13. The van der Waals surface area contributed by atoms with Crippen LogP contribution in [0.2, 0.25) is 0 Å². The van der Waals surface area contributed by atoms with Crippen LogP contribution < -0.4 is 4.90 Å². The zero-order chi connectivity index (χ0) is 20.2. The van der Waals surface area contributed by atoms with Crippen LogP contribution in [0.1, 0.15) is 31.0 Å². The van der Waals surface area contributed by atoms with E-state index in [0.717, 1.165) is 43.6 Å². The molecule has 0 bridgehead atoms. The smallest absolute Gasteiger partial charge is 0.415 e. The highest BCUT2D eigenvalue weighted by atomic mass is 16.6. The molecule has 152 valence electrons. The van der Waals surface area contributed by atoms with Gasteiger partial charge in [-0.3, -0.25) is 14.7 Å². The topological polar surface area (TPSA) is 75.6 Å². The maximum Gasteiger partial charge on any atom is 0.415 e. The number of aromatic nitrogens is 2. The standard InChI is InChI=1S/C22H26N4O3/c1-16(27)25-9-7-18(8-10-25)11-19-13-23-14-21(24-19)26-20(15-29-22(26)28)12-17-5-3-2-4-6-17/h2-6,13-14,18,20H,7-12,15H2,1H3/t20-/m1/s1. The molecule has 29 heavy (non-hydrogen) atoms. The maximum absolute atomic E-state index is 12.4. The van der Waals surface area contributed by atoms with Gasteiger partial charge in [-0.2, -0.15) is 0 Å². The van der Waals surface area contributed by atoms with Gasteiger partial charge in [-0.1, -0.05) is 30.3 Å². The lowest BCUT2D eigenvalue weighted by Gasteiger charge is -2.31. The number of benzene rings is 1. The summed E-state index contributed by atoms with van der Waals surface area (Å²) < 4.78 is 5.31. The minimum absolute atomic E-state index is 0.0896. The number of amides is 2. The normalized spacial score (nSPS) is 20.0. The second-order valence-electron chi connectivity index (χ2n) is 7.81. The molecule has 0 unspecified atom stereocenters. The fraction of sp³-hybridized carbons (Fsp3) is 0.455. The van der Waals surface area contributed by atoms with Crippen LogP contribution in [0.5, 0.6) is 0 Å². The SMILES string of the molecule is CC(=O)N1CCC(Cc2cncc(N3C(=O)OC[C@H]3Cc3ccccc3)n2)CC1. The number of nitrogens with zero attached hydrogens (tertiary/aromatic N) is 4. The van der Waals surface area contributed by atoms with Gasteiger partial charge in [0, 0.05) is 26.2 Å². The van der Waals surface area contributed by atoms with Crippen molar-refractivity contribution in [3.05, 3.63) is 54.0 Å². The van der Waals surface area contributed by atoms with Crippen molar-refractivity contribution in [3.8, 4) is 0 Å². The summed E-state index contributed by atoms with van der Waals surface area (Å²) in [5, 5.41) is 0. The van der Waals surface area contributed by atoms with Crippen molar-refractivity contribution in [1.29, 1.82) is 0 Å². The Morgan fingerprint density at radius 1 is 1.14 bits per heavy atom. The number of carbonyl (C=O) groups excluding carboxylic acids is 2. The van der Waals surface area contributed by atoms with E-state index in [0.29, 0.717) is 24.8 Å². The number of piperidine rings is 1. The van der Waals surface area contributed by atoms with Gasteiger partial charge in [0.2, 0.25) is 5.91 Å². The minimum Gasteiger partial charge on any atom is -0.447 e. The van der Waals surface area contributed by atoms with E-state index in [9.17, 15) is 9.59 Å². The third-order valence-electron chi connectivity index (χ3n) is 5.75. The summed E-state index contributed by atoms with van der Waals surface area (Å²) in [5.74, 6) is 1.16. The van der Waals surface area contributed by atoms with E-state index in [1.807, 2.05) is 23.1 Å². The Bertz CT molecular complexity index is 865. The zero-order valence-electron chi connectivity index (χ0n) is 16.7. The Morgan fingerprint density at radius 3 is 2.62 bits per heavy atom. The number of anilines is 1. The van der Waals surface area contributed by atoms with Crippen molar-refractivity contribution in [2.24, 2.45) is 5.92 Å². The predicted molar refractivity (Wildman–Crippen MR) is 108 cm³/mol. The number of carbonyl (C=O) groups is 2. The van der Waals surface area contributed by atoms with Gasteiger partial charge < -0.3 is 9.64 Å². The number of ether oxygens (including phenoxy) is 1. The van der Waals surface area contributed by atoms with Crippen LogP contribution in [-0.2, 0) is 22.4 Å². The van der Waals surface area contributed by atoms with Crippen molar-refractivity contribution < 1.29 is 14.3 Å². The van der Waals surface area contributed by atoms with Gasteiger partial charge in [-0.05, 0) is 37.2 Å². The Morgan fingerprint density at radius 2 is 1.90 bits per heavy atom. The Kier molecular flexibility index (Phi) is 5.74. The first kappa shape index (κ1) is 19.4. The maximum atomic E-state index is 12.4. The van der Waals surface area contributed by atoms with Gasteiger partial charge in [-0.25, -0.2) is 9.78 Å². The molecule has 1 aromatic heterocycles. The molecule has 2 aliphatic heterocycles. The molecular formula is C22H26N4O3. The average molecular weight is 394 g/mol. The highest BCUT2D eigenvalue weighted by Gasteiger charge is 2.35. The second kappa shape index (κ2) is 8.59. The number of hydrogen-bond acceptors (Lipinski definition) is 5. The van der Waals surface area contributed by atoms with Gasteiger partial charge in [0.15, 0.2) is 5.82 Å². The van der Waals surface area contributed by atoms with Crippen LogP contribution in [0.3, 0.4) is 0 Å². The average Bonchev–Trinajstić information content (AvgIpc) is 3.09. The summed E-state index contributed by atoms with van der Waals surface area (Å²) in [6.07, 6.45) is 6.48. The van der Waals surface area contributed by atoms with Crippen LogP contribution in [0.25, 0.3) is 0 Å². The Balaban J connectivity index is 1.44. The molecule has 2 amide bonds. The molecule has 2 saturated heterocycles. The van der Waals surface area contributed by atoms with Crippen molar-refractivity contribution in [1.82, 2.24) is 14.9 Å². The number of cyclic esters (lactones) is 1. The molecule has 0 saturated carbocycles. The van der Waals surface area contributed by atoms with Crippen LogP contribution >= 0.6 is 0 Å². The highest BCUT2D eigenvalue weighted by molar-refractivity contribution is 5.89. The molecule has 3 heterocycles. The van der Waals surface area contributed by atoms with Crippen LogP contribution in [0, 0.1) is 5.92 Å². The van der Waals surface area contributed by atoms with Gasteiger partial charge in [0.1, 0.15) is 6.61 Å². The summed E-state index contributed by atoms with van der Waals surface area (Å²) in [5.41, 5.74) is 2.03. The highest BCUT2D eigenvalue weighted by Crippen LogP contribution is 2.25. The van der Waals surface area contributed by atoms with Crippen molar-refractivity contribution >= 4 is 17.8 Å². The lowest BCUT2D eigenvalue weighted by Crippen LogP contribution is -2.37. The third kappa shape index (κ3) is 4.55. The summed E-state index contributed by atoms with van der Waals surface area (Å²) in [4.78, 5) is 36.5. The van der Waals surface area contributed by atoms with Crippen molar-refractivity contribution in [2.45, 2.75) is 38.6 Å². The summed E-state index contributed by atoms with van der Waals surface area (Å²) >= 11 is 0. The molecule has 4 rings (SSSR count). The van der Waals surface area contributed by atoms with Gasteiger partial charge in [0.25, 0.3) is 0 Å². The second-order valence-corrected chi connectivity index (χ2v) is 7.81. The monoisotopic (exact) mass is 394 g/mol. The van der Waals surface area contributed by atoms with Crippen molar-refractivity contribution in [3.63, 3.8) is 0 Å². The van der Waals surface area contributed by atoms with E-state index in [1.54, 1.807) is 24.2 Å². The molecular weight excluding hydrogens is 368 g/mol. The molecule has 1 aromatic carbocycles. The Labute approximate surface area is 170 Å². The van der Waals surface area contributed by atoms with Crippen LogP contribution in [0.15, 0.2) is 42.7 Å².